The van der Waals surface area contributed by atoms with E-state index in [0.717, 1.165) is 4.47 Å². The van der Waals surface area contributed by atoms with Crippen molar-refractivity contribution < 1.29 is 19.1 Å². The van der Waals surface area contributed by atoms with Crippen molar-refractivity contribution in [2.24, 2.45) is 5.92 Å². The van der Waals surface area contributed by atoms with Crippen molar-refractivity contribution in [1.29, 1.82) is 0 Å². The van der Waals surface area contributed by atoms with Crippen LogP contribution in [0.15, 0.2) is 53.0 Å². The Balaban J connectivity index is 1.89. The summed E-state index contributed by atoms with van der Waals surface area (Å²) in [6.07, 6.45) is -0.914. The monoisotopic (exact) mass is 419 g/mol. The number of esters is 1. The lowest BCUT2D eigenvalue weighted by Gasteiger charge is -2.14. The van der Waals surface area contributed by atoms with Crippen molar-refractivity contribution in [2.75, 3.05) is 11.9 Å². The van der Waals surface area contributed by atoms with E-state index in [1.54, 1.807) is 36.4 Å². The van der Waals surface area contributed by atoms with Crippen molar-refractivity contribution in [3.05, 3.63) is 58.6 Å². The molecule has 0 aliphatic carbocycles. The third kappa shape index (κ3) is 6.19. The summed E-state index contributed by atoms with van der Waals surface area (Å²) < 4.78 is 11.7. The van der Waals surface area contributed by atoms with Crippen molar-refractivity contribution >= 4 is 33.5 Å². The Morgan fingerprint density at radius 3 is 2.19 bits per heavy atom. The second kappa shape index (κ2) is 9.38. The van der Waals surface area contributed by atoms with Crippen LogP contribution >= 0.6 is 15.9 Å². The van der Waals surface area contributed by atoms with Crippen LogP contribution in [0.25, 0.3) is 0 Å². The normalized spacial score (nSPS) is 11.7. The molecular formula is C20H22BrNO4. The number of hydrogen-bond acceptors (Lipinski definition) is 4. The first kappa shape index (κ1) is 20.0. The maximum absolute atomic E-state index is 12.2. The summed E-state index contributed by atoms with van der Waals surface area (Å²) in [4.78, 5) is 24.3. The van der Waals surface area contributed by atoms with Gasteiger partial charge in [0.25, 0.3) is 5.91 Å². The Labute approximate surface area is 161 Å². The van der Waals surface area contributed by atoms with Gasteiger partial charge in [0.2, 0.25) is 0 Å². The zero-order chi connectivity index (χ0) is 19.1. The van der Waals surface area contributed by atoms with Crippen LogP contribution in [-0.4, -0.2) is 24.6 Å². The Kier molecular flexibility index (Phi) is 7.21. The lowest BCUT2D eigenvalue weighted by molar-refractivity contribution is -0.123. The van der Waals surface area contributed by atoms with Crippen LogP contribution in [0.5, 0.6) is 5.75 Å². The van der Waals surface area contributed by atoms with Gasteiger partial charge in [0.1, 0.15) is 5.75 Å². The summed E-state index contributed by atoms with van der Waals surface area (Å²) in [5.41, 5.74) is 0.998. The van der Waals surface area contributed by atoms with Gasteiger partial charge in [-0.15, -0.1) is 0 Å². The molecule has 138 valence electrons. The second-order valence-corrected chi connectivity index (χ2v) is 7.19. The first-order valence-electron chi connectivity index (χ1n) is 8.35. The number of halogens is 1. The molecule has 2 aromatic carbocycles. The molecule has 0 aliphatic heterocycles. The second-order valence-electron chi connectivity index (χ2n) is 6.27. The minimum absolute atomic E-state index is 0.366. The van der Waals surface area contributed by atoms with Crippen molar-refractivity contribution in [2.45, 2.75) is 26.9 Å². The summed E-state index contributed by atoms with van der Waals surface area (Å²) in [5.74, 6) is 0.164. The molecule has 1 amide bonds. The molecule has 1 atom stereocenters. The standard InChI is InChI=1S/C20H22BrNO4/c1-13(2)12-25-18-10-4-15(5-11-18)20(24)26-14(3)19(23)22-17-8-6-16(21)7-9-17/h4-11,13-14H,12H2,1-3H3,(H,22,23)/t14-/m0/s1. The van der Waals surface area contributed by atoms with Gasteiger partial charge in [0.15, 0.2) is 6.10 Å². The van der Waals surface area contributed by atoms with Crippen LogP contribution in [0.1, 0.15) is 31.1 Å². The first-order valence-corrected chi connectivity index (χ1v) is 9.14. The number of amides is 1. The predicted octanol–water partition coefficient (Wildman–Crippen LogP) is 4.67. The Morgan fingerprint density at radius 1 is 1.00 bits per heavy atom. The van der Waals surface area contributed by atoms with Crippen LogP contribution < -0.4 is 10.1 Å². The highest BCUT2D eigenvalue weighted by atomic mass is 79.9. The van der Waals surface area contributed by atoms with Gasteiger partial charge in [-0.25, -0.2) is 4.79 Å². The van der Waals surface area contributed by atoms with Crippen molar-refractivity contribution in [3.8, 4) is 5.75 Å². The molecule has 0 saturated heterocycles. The van der Waals surface area contributed by atoms with Gasteiger partial charge in [-0.3, -0.25) is 4.79 Å². The molecule has 5 nitrogen and oxygen atoms in total. The van der Waals surface area contributed by atoms with Crippen LogP contribution in [0.4, 0.5) is 5.69 Å². The Morgan fingerprint density at radius 2 is 1.62 bits per heavy atom. The predicted molar refractivity (Wildman–Crippen MR) is 104 cm³/mol. The lowest BCUT2D eigenvalue weighted by Crippen LogP contribution is -2.29. The van der Waals surface area contributed by atoms with Crippen LogP contribution in [0, 0.1) is 5.92 Å². The number of carbonyl (C=O) groups excluding carboxylic acids is 2. The fraction of sp³-hybridized carbons (Fsp3) is 0.300. The quantitative estimate of drug-likeness (QED) is 0.662. The molecule has 0 saturated carbocycles. The van der Waals surface area contributed by atoms with Gasteiger partial charge in [-0.1, -0.05) is 29.8 Å². The molecule has 2 aromatic rings. The molecule has 0 spiro atoms. The van der Waals surface area contributed by atoms with E-state index in [1.807, 2.05) is 12.1 Å². The van der Waals surface area contributed by atoms with Crippen LogP contribution in [0.2, 0.25) is 0 Å². The van der Waals surface area contributed by atoms with E-state index >= 15 is 0 Å². The number of hydrogen-bond donors (Lipinski definition) is 1. The smallest absolute Gasteiger partial charge is 0.338 e. The zero-order valence-electron chi connectivity index (χ0n) is 15.0. The highest BCUT2D eigenvalue weighted by molar-refractivity contribution is 9.10. The minimum Gasteiger partial charge on any atom is -0.493 e. The van der Waals surface area contributed by atoms with Crippen molar-refractivity contribution in [3.63, 3.8) is 0 Å². The highest BCUT2D eigenvalue weighted by Gasteiger charge is 2.19. The first-order chi connectivity index (χ1) is 12.3. The van der Waals surface area contributed by atoms with E-state index in [9.17, 15) is 9.59 Å². The van der Waals surface area contributed by atoms with Gasteiger partial charge in [-0.05, 0) is 61.4 Å². The largest absolute Gasteiger partial charge is 0.493 e. The molecule has 0 fully saturated rings. The summed E-state index contributed by atoms with van der Waals surface area (Å²) in [7, 11) is 0. The number of anilines is 1. The molecule has 0 unspecified atom stereocenters. The minimum atomic E-state index is -0.914. The molecule has 0 bridgehead atoms. The fourth-order valence-corrected chi connectivity index (χ4v) is 2.27. The maximum atomic E-state index is 12.2. The van der Waals surface area contributed by atoms with Crippen molar-refractivity contribution in [1.82, 2.24) is 0 Å². The number of ether oxygens (including phenoxy) is 2. The fourth-order valence-electron chi connectivity index (χ4n) is 2.01. The average molecular weight is 420 g/mol. The zero-order valence-corrected chi connectivity index (χ0v) is 16.6. The highest BCUT2D eigenvalue weighted by Crippen LogP contribution is 2.16. The van der Waals surface area contributed by atoms with Gasteiger partial charge in [0.05, 0.1) is 12.2 Å². The molecule has 1 N–H and O–H groups in total. The Bertz CT molecular complexity index is 741. The maximum Gasteiger partial charge on any atom is 0.338 e. The number of benzene rings is 2. The van der Waals surface area contributed by atoms with Gasteiger partial charge in [-0.2, -0.15) is 0 Å². The number of nitrogens with one attached hydrogen (secondary N) is 1. The summed E-state index contributed by atoms with van der Waals surface area (Å²) >= 11 is 3.33. The molecule has 0 heterocycles. The number of rotatable bonds is 7. The van der Waals surface area contributed by atoms with Gasteiger partial charge in [0, 0.05) is 10.2 Å². The van der Waals surface area contributed by atoms with Crippen LogP contribution in [-0.2, 0) is 9.53 Å². The lowest BCUT2D eigenvalue weighted by atomic mass is 10.2. The number of carbonyl (C=O) groups is 2. The summed E-state index contributed by atoms with van der Waals surface area (Å²) in [5, 5.41) is 2.71. The van der Waals surface area contributed by atoms with E-state index in [2.05, 4.69) is 35.1 Å². The summed E-state index contributed by atoms with van der Waals surface area (Å²) in [6.45, 7) is 6.27. The SMILES string of the molecule is CC(C)COc1ccc(C(=O)O[C@@H](C)C(=O)Nc2ccc(Br)cc2)cc1. The summed E-state index contributed by atoms with van der Waals surface area (Å²) in [6, 6.07) is 13.8. The molecule has 6 heteroatoms. The van der Waals surface area contributed by atoms with Gasteiger partial charge >= 0.3 is 5.97 Å². The molecule has 0 radical (unpaired) electrons. The molecule has 0 aliphatic rings. The Hall–Kier alpha value is -2.34. The van der Waals surface area contributed by atoms with E-state index < -0.39 is 18.0 Å². The van der Waals surface area contributed by atoms with E-state index in [-0.39, 0.29) is 0 Å². The third-order valence-corrected chi connectivity index (χ3v) is 3.97. The van der Waals surface area contributed by atoms with E-state index in [4.69, 9.17) is 9.47 Å². The molecular weight excluding hydrogens is 398 g/mol. The van der Waals surface area contributed by atoms with Gasteiger partial charge < -0.3 is 14.8 Å². The topological polar surface area (TPSA) is 64.6 Å². The third-order valence-electron chi connectivity index (χ3n) is 3.44. The average Bonchev–Trinajstić information content (AvgIpc) is 2.62. The molecule has 26 heavy (non-hydrogen) atoms. The molecule has 2 rings (SSSR count). The van der Waals surface area contributed by atoms with Crippen LogP contribution in [0.3, 0.4) is 0 Å². The van der Waals surface area contributed by atoms with E-state index in [1.165, 1.54) is 6.92 Å². The van der Waals surface area contributed by atoms with E-state index in [0.29, 0.717) is 29.5 Å². The molecule has 0 aromatic heterocycles.